The van der Waals surface area contributed by atoms with Crippen molar-refractivity contribution < 1.29 is 26.8 Å². The molecular weight excluding hydrogens is 560 g/mol. The average molecular weight is 613 g/mol. The quantitative estimate of drug-likeness (QED) is 0.107. The summed E-state index contributed by atoms with van der Waals surface area (Å²) in [6, 6.07) is 16.6. The fourth-order valence-electron chi connectivity index (χ4n) is 4.88. The van der Waals surface area contributed by atoms with Crippen molar-refractivity contribution in [3.05, 3.63) is 70.8 Å². The van der Waals surface area contributed by atoms with Crippen molar-refractivity contribution in [1.29, 1.82) is 0 Å². The molecule has 1 aliphatic carbocycles. The highest BCUT2D eigenvalue weighted by Crippen LogP contribution is 2.38. The molecule has 0 aliphatic heterocycles. The Morgan fingerprint density at radius 2 is 1.39 bits per heavy atom. The third-order valence-electron chi connectivity index (χ3n) is 7.24. The molecule has 3 rings (SSSR count). The Kier molecular flexibility index (Phi) is 17.8. The minimum Gasteiger partial charge on any atom is -0.386 e. The summed E-state index contributed by atoms with van der Waals surface area (Å²) in [6.45, 7) is 11.4. The fourth-order valence-corrected chi connectivity index (χ4v) is 5.78. The zero-order valence-electron chi connectivity index (χ0n) is 25.4. The van der Waals surface area contributed by atoms with Gasteiger partial charge in [0.1, 0.15) is 0 Å². The van der Waals surface area contributed by atoms with E-state index in [1.54, 1.807) is 0 Å². The van der Waals surface area contributed by atoms with Gasteiger partial charge >= 0.3 is 0 Å². The summed E-state index contributed by atoms with van der Waals surface area (Å²) in [5.74, 6) is 0.0876. The second-order valence-electron chi connectivity index (χ2n) is 10.6. The van der Waals surface area contributed by atoms with Gasteiger partial charge in [-0.05, 0) is 70.7 Å². The van der Waals surface area contributed by atoms with Crippen LogP contribution in [0.2, 0.25) is 0 Å². The molecule has 0 radical (unpaired) electrons. The Balaban J connectivity index is 0.000000410. The second kappa shape index (κ2) is 19.5. The standard InChI is InChI=1S/C17H27NO4S.C12H19NO2S.C2H6/c1-14-6-8-15(9-7-14)16(19)17(10-3-2-4-11-17)18-12-5-13-23(20,21)22;1-10-4-6-12(7-5-10)11(2)13-8-3-9-16(14)15;1-2/h6-9,16,18-19H,2-5,10-13H2,1H3,(H,20,21,22);4-7,11,13H,3,8-9H2,1-2H3,(H,14,15);1-2H3/t;11-;/m.0./s1. The molecule has 2 aromatic rings. The van der Waals surface area contributed by atoms with Crippen molar-refractivity contribution in [3.8, 4) is 0 Å². The van der Waals surface area contributed by atoms with E-state index in [1.807, 2.05) is 45.0 Å². The second-order valence-corrected chi connectivity index (χ2v) is 13.2. The van der Waals surface area contributed by atoms with Crippen LogP contribution in [0.1, 0.15) is 100 Å². The molecule has 8 nitrogen and oxygen atoms in total. The molecule has 1 saturated carbocycles. The van der Waals surface area contributed by atoms with Crippen molar-refractivity contribution in [2.45, 2.75) is 97.2 Å². The normalized spacial score (nSPS) is 16.8. The summed E-state index contributed by atoms with van der Waals surface area (Å²) >= 11 is -1.67. The van der Waals surface area contributed by atoms with Gasteiger partial charge in [0.25, 0.3) is 10.1 Å². The van der Waals surface area contributed by atoms with Gasteiger partial charge in [-0.3, -0.25) is 4.55 Å². The summed E-state index contributed by atoms with van der Waals surface area (Å²) in [5, 5.41) is 17.6. The van der Waals surface area contributed by atoms with Gasteiger partial charge in [-0.15, -0.1) is 0 Å². The van der Waals surface area contributed by atoms with Crippen molar-refractivity contribution in [2.24, 2.45) is 0 Å². The van der Waals surface area contributed by atoms with Crippen molar-refractivity contribution in [2.75, 3.05) is 24.6 Å². The predicted molar refractivity (Wildman–Crippen MR) is 170 cm³/mol. The summed E-state index contributed by atoms with van der Waals surface area (Å²) in [5.41, 5.74) is 4.13. The lowest BCUT2D eigenvalue weighted by Crippen LogP contribution is -2.52. The number of rotatable bonds is 13. The smallest absolute Gasteiger partial charge is 0.264 e. The highest BCUT2D eigenvalue weighted by molar-refractivity contribution is 7.85. The van der Waals surface area contributed by atoms with Crippen LogP contribution in [0.4, 0.5) is 0 Å². The maximum atomic E-state index is 10.9. The summed E-state index contributed by atoms with van der Waals surface area (Å²) < 4.78 is 49.5. The Hall–Kier alpha value is -1.66. The van der Waals surface area contributed by atoms with Gasteiger partial charge in [-0.25, -0.2) is 4.21 Å². The molecule has 0 aromatic heterocycles. The third-order valence-corrected chi connectivity index (χ3v) is 8.68. The third kappa shape index (κ3) is 14.9. The van der Waals surface area contributed by atoms with Gasteiger partial charge in [-0.1, -0.05) is 92.8 Å². The van der Waals surface area contributed by atoms with Crippen LogP contribution in [0, 0.1) is 13.8 Å². The molecule has 0 amide bonds. The zero-order valence-corrected chi connectivity index (χ0v) is 27.1. The molecule has 1 fully saturated rings. The van der Waals surface area contributed by atoms with E-state index in [1.165, 1.54) is 11.1 Å². The van der Waals surface area contributed by atoms with Crippen LogP contribution in [0.5, 0.6) is 0 Å². The molecule has 1 aliphatic rings. The van der Waals surface area contributed by atoms with Crippen LogP contribution >= 0.6 is 0 Å². The van der Waals surface area contributed by atoms with E-state index in [0.717, 1.165) is 56.2 Å². The van der Waals surface area contributed by atoms with Gasteiger partial charge in [0.05, 0.1) is 17.6 Å². The van der Waals surface area contributed by atoms with E-state index in [9.17, 15) is 17.7 Å². The fraction of sp³-hybridized carbons (Fsp3) is 0.613. The van der Waals surface area contributed by atoms with Gasteiger partial charge in [-0.2, -0.15) is 8.42 Å². The van der Waals surface area contributed by atoms with E-state index < -0.39 is 32.8 Å². The summed E-state index contributed by atoms with van der Waals surface area (Å²) in [6.07, 6.45) is 5.44. The maximum absolute atomic E-state index is 10.9. The number of benzene rings is 2. The van der Waals surface area contributed by atoms with E-state index in [0.29, 0.717) is 18.7 Å². The number of hydrogen-bond donors (Lipinski definition) is 5. The van der Waals surface area contributed by atoms with Gasteiger partial charge in [0.2, 0.25) is 0 Å². The number of aliphatic hydroxyl groups is 1. The Bertz CT molecular complexity index is 1100. The molecule has 0 spiro atoms. The summed E-state index contributed by atoms with van der Waals surface area (Å²) in [7, 11) is -3.93. The van der Waals surface area contributed by atoms with E-state index in [4.69, 9.17) is 9.11 Å². The topological polar surface area (TPSA) is 136 Å². The molecule has 41 heavy (non-hydrogen) atoms. The van der Waals surface area contributed by atoms with Crippen LogP contribution in [-0.2, 0) is 21.2 Å². The molecule has 0 heterocycles. The van der Waals surface area contributed by atoms with Crippen LogP contribution in [-0.4, -0.2) is 57.0 Å². The molecule has 2 unspecified atom stereocenters. The van der Waals surface area contributed by atoms with Crippen LogP contribution in [0.15, 0.2) is 48.5 Å². The monoisotopic (exact) mass is 612 g/mol. The minimum absolute atomic E-state index is 0.253. The highest BCUT2D eigenvalue weighted by atomic mass is 32.2. The Morgan fingerprint density at radius 3 is 1.88 bits per heavy atom. The SMILES string of the molecule is CC.Cc1ccc(C(O)C2(NCCCS(=O)(=O)O)CCCCC2)cc1.Cc1ccc([C@H](C)NCCCS(=O)O)cc1. The first kappa shape index (κ1) is 37.4. The molecule has 3 atom stereocenters. The van der Waals surface area contributed by atoms with Crippen molar-refractivity contribution in [1.82, 2.24) is 10.6 Å². The molecule has 2 aromatic carbocycles. The van der Waals surface area contributed by atoms with E-state index in [2.05, 4.69) is 48.7 Å². The van der Waals surface area contributed by atoms with E-state index >= 15 is 0 Å². The first-order valence-electron chi connectivity index (χ1n) is 14.7. The molecule has 234 valence electrons. The van der Waals surface area contributed by atoms with Crippen LogP contribution in [0.3, 0.4) is 0 Å². The van der Waals surface area contributed by atoms with Crippen LogP contribution < -0.4 is 10.6 Å². The van der Waals surface area contributed by atoms with Crippen LogP contribution in [0.25, 0.3) is 0 Å². The minimum atomic E-state index is -3.93. The number of aryl methyl sites for hydroxylation is 2. The Labute approximate surface area is 250 Å². The average Bonchev–Trinajstić information content (AvgIpc) is 2.95. The highest BCUT2D eigenvalue weighted by Gasteiger charge is 2.39. The van der Waals surface area contributed by atoms with Gasteiger partial charge in [0.15, 0.2) is 11.1 Å². The molecular formula is C31H52N2O6S2. The first-order valence-corrected chi connectivity index (χ1v) is 17.6. The lowest BCUT2D eigenvalue weighted by molar-refractivity contribution is 0.0322. The Morgan fingerprint density at radius 1 is 0.878 bits per heavy atom. The van der Waals surface area contributed by atoms with Gasteiger partial charge in [0, 0.05) is 11.6 Å². The molecule has 5 N–H and O–H groups in total. The molecule has 0 saturated heterocycles. The van der Waals surface area contributed by atoms with E-state index in [-0.39, 0.29) is 11.8 Å². The zero-order chi connectivity index (χ0) is 30.9. The number of nitrogens with one attached hydrogen (secondary N) is 2. The molecule has 0 bridgehead atoms. The van der Waals surface area contributed by atoms with Crippen molar-refractivity contribution in [3.63, 3.8) is 0 Å². The summed E-state index contributed by atoms with van der Waals surface area (Å²) in [4.78, 5) is 0. The van der Waals surface area contributed by atoms with Crippen molar-refractivity contribution >= 4 is 21.2 Å². The molecule has 10 heteroatoms. The lowest BCUT2D eigenvalue weighted by atomic mass is 9.75. The van der Waals surface area contributed by atoms with Gasteiger partial charge < -0.3 is 20.3 Å². The lowest BCUT2D eigenvalue weighted by Gasteiger charge is -2.42. The maximum Gasteiger partial charge on any atom is 0.264 e. The predicted octanol–water partition coefficient (Wildman–Crippen LogP) is 5.88. The number of aliphatic hydroxyl groups excluding tert-OH is 1. The largest absolute Gasteiger partial charge is 0.386 e. The number of hydrogen-bond acceptors (Lipinski definition) is 6. The first-order chi connectivity index (χ1) is 19.4.